The minimum absolute atomic E-state index is 0. The van der Waals surface area contributed by atoms with Crippen molar-refractivity contribution in [1.82, 2.24) is 20.4 Å². The molecule has 2 N–H and O–H groups in total. The molecule has 0 saturated carbocycles. The second-order valence-corrected chi connectivity index (χ2v) is 5.27. The number of alkyl halides is 6. The standard InChI is InChI=1S/C6H4F3N3.C5H4F3IN2.CN.Cu/c1-3-4(2-10)5(12-11-3)6(7,8)9;1-2-3(9)4(11-10-2)5(6,7)8;1-2;/h1H3,(H,11,12);1H3,(H,10,11);;/q;;-1;+1. The van der Waals surface area contributed by atoms with Crippen LogP contribution in [0.2, 0.25) is 0 Å². The molecule has 2 aromatic rings. The molecule has 0 aliphatic rings. The van der Waals surface area contributed by atoms with Crippen LogP contribution in [0, 0.1) is 40.6 Å². The topological polar surface area (TPSA) is 105 Å². The van der Waals surface area contributed by atoms with Gasteiger partial charge in [0.15, 0.2) is 11.4 Å². The summed E-state index contributed by atoms with van der Waals surface area (Å²) in [5.74, 6) is 0. The van der Waals surface area contributed by atoms with Crippen molar-refractivity contribution in [2.45, 2.75) is 26.2 Å². The Balaban J connectivity index is 0. The molecular formula is C12H8CuF6IN6. The maximum atomic E-state index is 12.0. The third-order valence-corrected chi connectivity index (χ3v) is 3.79. The van der Waals surface area contributed by atoms with E-state index in [1.165, 1.54) is 13.0 Å². The van der Waals surface area contributed by atoms with Crippen molar-refractivity contribution >= 4 is 22.6 Å². The predicted octanol–water partition coefficient (Wildman–Crippen LogP) is 4.04. The van der Waals surface area contributed by atoms with Crippen LogP contribution in [0.1, 0.15) is 28.3 Å². The number of aryl methyl sites for hydroxylation is 2. The van der Waals surface area contributed by atoms with E-state index in [0.29, 0.717) is 5.69 Å². The number of aromatic nitrogens is 4. The van der Waals surface area contributed by atoms with Crippen LogP contribution in [0.25, 0.3) is 0 Å². The Kier molecular flexibility index (Phi) is 10.6. The number of nitriles is 1. The largest absolute Gasteiger partial charge is 1.00 e. The van der Waals surface area contributed by atoms with E-state index in [2.05, 4.69) is 20.4 Å². The normalized spacial score (nSPS) is 10.4. The molecule has 26 heavy (non-hydrogen) atoms. The molecule has 0 atom stereocenters. The minimum Gasteiger partial charge on any atom is -0.512 e. The zero-order valence-electron chi connectivity index (χ0n) is 12.7. The maximum absolute atomic E-state index is 12.0. The van der Waals surface area contributed by atoms with Crippen molar-refractivity contribution in [3.8, 4) is 6.07 Å². The fourth-order valence-electron chi connectivity index (χ4n) is 1.37. The average molecular weight is 541 g/mol. The van der Waals surface area contributed by atoms with E-state index in [1.54, 1.807) is 29.5 Å². The first kappa shape index (κ1) is 26.5. The molecule has 0 spiro atoms. The molecule has 2 rings (SSSR count). The van der Waals surface area contributed by atoms with Crippen molar-refractivity contribution in [3.05, 3.63) is 38.5 Å². The summed E-state index contributed by atoms with van der Waals surface area (Å²) in [6, 6.07) is 1.44. The van der Waals surface area contributed by atoms with E-state index in [4.69, 9.17) is 17.1 Å². The van der Waals surface area contributed by atoms with Crippen LogP contribution in [-0.2, 0) is 29.4 Å². The third-order valence-electron chi connectivity index (χ3n) is 2.47. The summed E-state index contributed by atoms with van der Waals surface area (Å²) in [7, 11) is 0. The molecule has 0 aliphatic heterocycles. The number of aromatic amines is 2. The van der Waals surface area contributed by atoms with E-state index in [1.807, 2.05) is 0 Å². The molecule has 0 aromatic carbocycles. The Morgan fingerprint density at radius 2 is 1.31 bits per heavy atom. The predicted molar refractivity (Wildman–Crippen MR) is 79.1 cm³/mol. The van der Waals surface area contributed by atoms with Gasteiger partial charge in [0.05, 0.1) is 9.26 Å². The van der Waals surface area contributed by atoms with Gasteiger partial charge in [-0.05, 0) is 36.4 Å². The van der Waals surface area contributed by atoms with E-state index >= 15 is 0 Å². The Morgan fingerprint density at radius 3 is 1.54 bits per heavy atom. The monoisotopic (exact) mass is 540 g/mol. The number of rotatable bonds is 0. The Bertz CT molecular complexity index is 770. The van der Waals surface area contributed by atoms with Gasteiger partial charge in [-0.3, -0.25) is 10.2 Å². The molecule has 0 fully saturated rings. The smallest absolute Gasteiger partial charge is 0.512 e. The van der Waals surface area contributed by atoms with Gasteiger partial charge in [-0.1, -0.05) is 0 Å². The van der Waals surface area contributed by atoms with E-state index in [0.717, 1.165) is 0 Å². The fraction of sp³-hybridized carbons (Fsp3) is 0.333. The summed E-state index contributed by atoms with van der Waals surface area (Å²) < 4.78 is 72.1. The van der Waals surface area contributed by atoms with Gasteiger partial charge in [0.2, 0.25) is 0 Å². The summed E-state index contributed by atoms with van der Waals surface area (Å²) >= 11 is 1.61. The van der Waals surface area contributed by atoms with Gasteiger partial charge in [0, 0.05) is 5.69 Å². The van der Waals surface area contributed by atoms with Crippen molar-refractivity contribution in [2.24, 2.45) is 0 Å². The molecule has 6 nitrogen and oxygen atoms in total. The van der Waals surface area contributed by atoms with Gasteiger partial charge in [0.25, 0.3) is 0 Å². The van der Waals surface area contributed by atoms with Crippen molar-refractivity contribution in [1.29, 1.82) is 10.5 Å². The van der Waals surface area contributed by atoms with Gasteiger partial charge in [-0.25, -0.2) is 0 Å². The maximum Gasteiger partial charge on any atom is 1.00 e. The number of hydrogen-bond donors (Lipinski definition) is 2. The summed E-state index contributed by atoms with van der Waals surface area (Å²) in [5.41, 5.74) is -1.86. The minimum atomic E-state index is -4.56. The van der Waals surface area contributed by atoms with Crippen LogP contribution >= 0.6 is 22.6 Å². The van der Waals surface area contributed by atoms with Crippen molar-refractivity contribution in [2.75, 3.05) is 0 Å². The molecule has 0 amide bonds. The van der Waals surface area contributed by atoms with Gasteiger partial charge in [-0.15, -0.1) is 0 Å². The molecular weight excluding hydrogens is 533 g/mol. The van der Waals surface area contributed by atoms with Crippen LogP contribution in [0.5, 0.6) is 0 Å². The number of H-pyrrole nitrogens is 2. The van der Waals surface area contributed by atoms with Crippen LogP contribution in [0.15, 0.2) is 0 Å². The van der Waals surface area contributed by atoms with Crippen LogP contribution in [0.3, 0.4) is 0 Å². The first-order chi connectivity index (χ1) is 11.4. The summed E-state index contributed by atoms with van der Waals surface area (Å²) in [4.78, 5) is 0. The van der Waals surface area contributed by atoms with E-state index in [-0.39, 0.29) is 26.3 Å². The van der Waals surface area contributed by atoms with Gasteiger partial charge < -0.3 is 11.8 Å². The van der Waals surface area contributed by atoms with Gasteiger partial charge >= 0.3 is 29.4 Å². The fourth-order valence-corrected chi connectivity index (χ4v) is 1.92. The molecule has 0 saturated heterocycles. The first-order valence-electron chi connectivity index (χ1n) is 5.91. The number of nitrogens with zero attached hydrogens (tertiary/aromatic N) is 4. The SMILES string of the molecule is Cc1[nH]nc(C(F)(F)F)c1C#N.Cc1[nH]nc(C(F)(F)F)c1I.[C-]#N.[Cu+]. The molecule has 0 radical (unpaired) electrons. The zero-order chi connectivity index (χ0) is 20.0. The Labute approximate surface area is 167 Å². The second-order valence-electron chi connectivity index (χ2n) is 4.19. The van der Waals surface area contributed by atoms with Crippen molar-refractivity contribution < 1.29 is 43.4 Å². The molecule has 2 aromatic heterocycles. The van der Waals surface area contributed by atoms with Crippen molar-refractivity contribution in [3.63, 3.8) is 0 Å². The first-order valence-corrected chi connectivity index (χ1v) is 6.99. The summed E-state index contributed by atoms with van der Waals surface area (Å²) in [6.07, 6.45) is -8.91. The molecule has 146 valence electrons. The zero-order valence-corrected chi connectivity index (χ0v) is 15.8. The molecule has 2 heterocycles. The van der Waals surface area contributed by atoms with Gasteiger partial charge in [0.1, 0.15) is 11.6 Å². The summed E-state index contributed by atoms with van der Waals surface area (Å²) in [6.45, 7) is 7.66. The number of nitrogens with one attached hydrogen (secondary N) is 2. The number of halogens is 7. The molecule has 14 heteroatoms. The van der Waals surface area contributed by atoms with Crippen LogP contribution in [-0.4, -0.2) is 20.4 Å². The molecule has 0 aliphatic carbocycles. The second kappa shape index (κ2) is 10.4. The van der Waals surface area contributed by atoms with Crippen LogP contribution < -0.4 is 0 Å². The van der Waals surface area contributed by atoms with Gasteiger partial charge in [-0.2, -0.15) is 41.8 Å². The van der Waals surface area contributed by atoms with E-state index in [9.17, 15) is 26.3 Å². The molecule has 0 bridgehead atoms. The molecule has 0 unspecified atom stereocenters. The van der Waals surface area contributed by atoms with Crippen LogP contribution in [0.4, 0.5) is 26.3 Å². The average Bonchev–Trinajstić information content (AvgIpc) is 3.04. The Morgan fingerprint density at radius 1 is 0.923 bits per heavy atom. The summed E-state index contributed by atoms with van der Waals surface area (Å²) in [5, 5.41) is 25.1. The van der Waals surface area contributed by atoms with E-state index < -0.39 is 29.3 Å². The third kappa shape index (κ3) is 6.86. The Hall–Kier alpha value is -1.77. The number of hydrogen-bond acceptors (Lipinski definition) is 4. The quantitative estimate of drug-likeness (QED) is 0.228.